The number of halogens is 2. The van der Waals surface area contributed by atoms with E-state index in [2.05, 4.69) is 44.3 Å². The van der Waals surface area contributed by atoms with Crippen molar-refractivity contribution < 1.29 is 5.11 Å². The summed E-state index contributed by atoms with van der Waals surface area (Å²) < 4.78 is 1.12. The summed E-state index contributed by atoms with van der Waals surface area (Å²) >= 11 is 12.7. The van der Waals surface area contributed by atoms with E-state index < -0.39 is 5.69 Å². The monoisotopic (exact) mass is 497 g/mol. The molecule has 3 heterocycles. The van der Waals surface area contributed by atoms with Crippen LogP contribution in [0, 0.1) is 0 Å². The van der Waals surface area contributed by atoms with Crippen LogP contribution in [0.2, 0.25) is 10.0 Å². The van der Waals surface area contributed by atoms with Gasteiger partial charge in [0.2, 0.25) is 5.95 Å². The van der Waals surface area contributed by atoms with Crippen molar-refractivity contribution in [3.63, 3.8) is 0 Å². The Labute approximate surface area is 204 Å². The third kappa shape index (κ3) is 4.07. The zero-order chi connectivity index (χ0) is 24.0. The highest BCUT2D eigenvalue weighted by Gasteiger charge is 2.19. The molecule has 0 bridgehead atoms. The van der Waals surface area contributed by atoms with Crippen LogP contribution in [0.25, 0.3) is 16.7 Å². The van der Waals surface area contributed by atoms with Crippen molar-refractivity contribution in [1.82, 2.24) is 24.4 Å². The average molecular weight is 498 g/mol. The summed E-state index contributed by atoms with van der Waals surface area (Å²) in [5.74, 6) is 0.350. The second-order valence-corrected chi connectivity index (χ2v) is 9.02. The van der Waals surface area contributed by atoms with Gasteiger partial charge in [0.25, 0.3) is 0 Å². The van der Waals surface area contributed by atoms with Gasteiger partial charge in [-0.15, -0.1) is 0 Å². The lowest BCUT2D eigenvalue weighted by Crippen LogP contribution is -2.26. The van der Waals surface area contributed by atoms with E-state index in [0.29, 0.717) is 16.9 Å². The lowest BCUT2D eigenvalue weighted by molar-refractivity contribution is 0.282. The predicted molar refractivity (Wildman–Crippen MR) is 133 cm³/mol. The molecule has 34 heavy (non-hydrogen) atoms. The van der Waals surface area contributed by atoms with Crippen molar-refractivity contribution in [1.29, 1.82) is 0 Å². The Morgan fingerprint density at radius 1 is 1.15 bits per heavy atom. The molecule has 4 N–H and O–H groups in total. The number of nitrogen functional groups attached to an aromatic ring is 1. The van der Waals surface area contributed by atoms with Crippen LogP contribution in [0.5, 0.6) is 0 Å². The van der Waals surface area contributed by atoms with Gasteiger partial charge >= 0.3 is 5.69 Å². The second kappa shape index (κ2) is 8.84. The van der Waals surface area contributed by atoms with Gasteiger partial charge in [0.05, 0.1) is 27.7 Å². The van der Waals surface area contributed by atoms with Gasteiger partial charge in [-0.05, 0) is 54.4 Å². The highest BCUT2D eigenvalue weighted by molar-refractivity contribution is 6.38. The molecule has 1 aliphatic rings. The Hall–Kier alpha value is -3.24. The van der Waals surface area contributed by atoms with Gasteiger partial charge in [-0.2, -0.15) is 9.97 Å². The lowest BCUT2D eigenvalue weighted by atomic mass is 9.99. The number of anilines is 3. The maximum Gasteiger partial charge on any atom is 0.355 e. The van der Waals surface area contributed by atoms with Gasteiger partial charge in [0, 0.05) is 25.0 Å². The van der Waals surface area contributed by atoms with Gasteiger partial charge in [0.15, 0.2) is 5.65 Å². The summed E-state index contributed by atoms with van der Waals surface area (Å²) in [5.41, 5.74) is 9.88. The van der Waals surface area contributed by atoms with Crippen molar-refractivity contribution in [2.24, 2.45) is 0 Å². The molecule has 0 spiro atoms. The molecule has 1 aliphatic heterocycles. The van der Waals surface area contributed by atoms with E-state index in [1.165, 1.54) is 29.5 Å². The summed E-state index contributed by atoms with van der Waals surface area (Å²) in [6.07, 6.45) is 2.52. The van der Waals surface area contributed by atoms with Crippen LogP contribution < -0.4 is 16.7 Å². The first-order valence-corrected chi connectivity index (χ1v) is 11.3. The quantitative estimate of drug-likeness (QED) is 0.392. The number of aromatic nitrogens is 4. The zero-order valence-corrected chi connectivity index (χ0v) is 19.7. The van der Waals surface area contributed by atoms with Crippen LogP contribution in [-0.4, -0.2) is 43.1 Å². The Bertz CT molecular complexity index is 1470. The highest BCUT2D eigenvalue weighted by Crippen LogP contribution is 2.32. The minimum Gasteiger partial charge on any atom is -0.392 e. The first-order valence-electron chi connectivity index (χ1n) is 10.6. The second-order valence-electron chi connectivity index (χ2n) is 8.21. The smallest absolute Gasteiger partial charge is 0.355 e. The summed E-state index contributed by atoms with van der Waals surface area (Å²) in [6.45, 7) is 1.68. The number of nitrogens with two attached hydrogens (primary N) is 1. The van der Waals surface area contributed by atoms with Crippen LogP contribution >= 0.6 is 23.2 Å². The Balaban J connectivity index is 1.53. The van der Waals surface area contributed by atoms with E-state index in [9.17, 15) is 9.90 Å². The van der Waals surface area contributed by atoms with Crippen LogP contribution in [0.3, 0.4) is 0 Å². The molecule has 0 saturated heterocycles. The third-order valence-corrected chi connectivity index (χ3v) is 6.40. The average Bonchev–Trinajstić information content (AvgIpc) is 2.80. The number of fused-ring (bicyclic) bond motifs is 2. The molecule has 2 aromatic carbocycles. The van der Waals surface area contributed by atoms with Crippen LogP contribution in [0.4, 0.5) is 17.5 Å². The van der Waals surface area contributed by atoms with Gasteiger partial charge in [0.1, 0.15) is 5.82 Å². The topological polar surface area (TPSA) is 122 Å². The van der Waals surface area contributed by atoms with Gasteiger partial charge in [-0.1, -0.05) is 29.3 Å². The number of aliphatic hydroxyl groups excluding tert-OH is 1. The normalized spacial score (nSPS) is 13.8. The molecule has 4 aromatic rings. The minimum absolute atomic E-state index is 0.0546. The Morgan fingerprint density at radius 2 is 1.91 bits per heavy atom. The summed E-state index contributed by atoms with van der Waals surface area (Å²) in [4.78, 5) is 28.0. The van der Waals surface area contributed by atoms with Gasteiger partial charge in [-0.25, -0.2) is 14.3 Å². The molecule has 0 amide bonds. The van der Waals surface area contributed by atoms with Crippen LogP contribution in [0.15, 0.2) is 41.3 Å². The molecular weight excluding hydrogens is 477 g/mol. The van der Waals surface area contributed by atoms with E-state index in [4.69, 9.17) is 28.9 Å². The number of nitrogens with one attached hydrogen (secondary N) is 1. The first-order chi connectivity index (χ1) is 16.3. The Morgan fingerprint density at radius 3 is 2.65 bits per heavy atom. The fraction of sp³-hybridized carbons (Fsp3) is 0.217. The molecule has 5 rings (SSSR count). The van der Waals surface area contributed by atoms with Crippen LogP contribution in [0.1, 0.15) is 16.7 Å². The standard InChI is InChI=1S/C23H21Cl2N7O2/c1-31-5-4-13-2-3-15(8-14(13)10-31)28-22-27-9-16-20(26)32(23(34)30-21(16)29-22)19-17(24)6-12(11-33)7-18(19)25/h2-3,6-9,33H,4-5,10-11,26H2,1H3,(H,28,29,30,34). The van der Waals surface area contributed by atoms with Crippen molar-refractivity contribution in [3.8, 4) is 5.69 Å². The summed E-state index contributed by atoms with van der Waals surface area (Å²) in [6, 6.07) is 9.20. The maximum absolute atomic E-state index is 12.9. The third-order valence-electron chi connectivity index (χ3n) is 5.83. The molecule has 0 unspecified atom stereocenters. The lowest BCUT2D eigenvalue weighted by Gasteiger charge is -2.25. The number of aliphatic hydroxyl groups is 1. The molecule has 11 heteroatoms. The van der Waals surface area contributed by atoms with Gasteiger partial charge in [-0.3, -0.25) is 0 Å². The molecule has 0 radical (unpaired) electrons. The van der Waals surface area contributed by atoms with E-state index >= 15 is 0 Å². The fourth-order valence-electron chi connectivity index (χ4n) is 4.11. The van der Waals surface area contributed by atoms with Crippen molar-refractivity contribution in [2.45, 2.75) is 19.6 Å². The van der Waals surface area contributed by atoms with Gasteiger partial charge < -0.3 is 21.1 Å². The SMILES string of the molecule is CN1CCc2ccc(Nc3ncc4c(N)n(-c5c(Cl)cc(CO)cc5Cl)c(=O)nc4n3)cc2C1. The molecule has 2 aromatic heterocycles. The van der Waals surface area contributed by atoms with E-state index in [0.717, 1.165) is 29.8 Å². The molecule has 0 aliphatic carbocycles. The van der Waals surface area contributed by atoms with Crippen molar-refractivity contribution in [3.05, 3.63) is 73.7 Å². The number of likely N-dealkylation sites (N-methyl/N-ethyl adjacent to an activating group) is 1. The minimum atomic E-state index is -0.688. The summed E-state index contributed by atoms with van der Waals surface area (Å²) in [5, 5.41) is 13.2. The maximum atomic E-state index is 12.9. The highest BCUT2D eigenvalue weighted by atomic mass is 35.5. The van der Waals surface area contributed by atoms with E-state index in [1.54, 1.807) is 0 Å². The largest absolute Gasteiger partial charge is 0.392 e. The number of hydrogen-bond donors (Lipinski definition) is 3. The molecule has 9 nitrogen and oxygen atoms in total. The number of benzene rings is 2. The predicted octanol–water partition coefficient (Wildman–Crippen LogP) is 3.29. The fourth-order valence-corrected chi connectivity index (χ4v) is 4.81. The zero-order valence-electron chi connectivity index (χ0n) is 18.2. The van der Waals surface area contributed by atoms with Crippen LogP contribution in [-0.2, 0) is 19.6 Å². The molecule has 174 valence electrons. The summed E-state index contributed by atoms with van der Waals surface area (Å²) in [7, 11) is 2.10. The van der Waals surface area contributed by atoms with E-state index in [-0.39, 0.29) is 33.8 Å². The number of hydrogen-bond acceptors (Lipinski definition) is 8. The molecule has 0 saturated carbocycles. The van der Waals surface area contributed by atoms with Crippen molar-refractivity contribution in [2.75, 3.05) is 24.6 Å². The number of nitrogens with zero attached hydrogens (tertiary/aromatic N) is 5. The molecule has 0 atom stereocenters. The molecular formula is C23H21Cl2N7O2. The van der Waals surface area contributed by atoms with Crippen molar-refractivity contribution >= 4 is 51.7 Å². The molecule has 0 fully saturated rings. The first kappa shape index (κ1) is 22.5. The van der Waals surface area contributed by atoms with E-state index in [1.807, 2.05) is 6.07 Å². The number of rotatable bonds is 4. The Kier molecular flexibility index (Phi) is 5.86.